The highest BCUT2D eigenvalue weighted by atomic mass is 16.5. The van der Waals surface area contributed by atoms with Gasteiger partial charge in [0.1, 0.15) is 5.75 Å². The van der Waals surface area contributed by atoms with E-state index in [0.29, 0.717) is 6.42 Å². The van der Waals surface area contributed by atoms with Crippen molar-refractivity contribution in [3.05, 3.63) is 28.8 Å². The summed E-state index contributed by atoms with van der Waals surface area (Å²) < 4.78 is 5.36. The lowest BCUT2D eigenvalue weighted by Gasteiger charge is -2.35. The maximum Gasteiger partial charge on any atom is 0.335 e. The average Bonchev–Trinajstić information content (AvgIpc) is 2.58. The molecular weight excluding hydrogens is 332 g/mol. The van der Waals surface area contributed by atoms with Crippen LogP contribution in [0.25, 0.3) is 0 Å². The zero-order valence-electron chi connectivity index (χ0n) is 16.5. The fourth-order valence-corrected chi connectivity index (χ4v) is 4.05. The highest BCUT2D eigenvalue weighted by Gasteiger charge is 2.33. The van der Waals surface area contributed by atoms with E-state index >= 15 is 0 Å². The Hall–Kier alpha value is -1.59. The van der Waals surface area contributed by atoms with Crippen molar-refractivity contribution in [3.63, 3.8) is 0 Å². The molecule has 0 saturated heterocycles. The number of aromatic carboxylic acids is 1. The summed E-state index contributed by atoms with van der Waals surface area (Å²) in [5.74, 6) is -0.264. The van der Waals surface area contributed by atoms with Gasteiger partial charge in [-0.3, -0.25) is 0 Å². The number of rotatable bonds is 7. The highest BCUT2D eigenvalue weighted by Crippen LogP contribution is 2.47. The van der Waals surface area contributed by atoms with Gasteiger partial charge in [0.25, 0.3) is 0 Å². The van der Waals surface area contributed by atoms with E-state index in [1.807, 2.05) is 13.8 Å². The lowest BCUT2D eigenvalue weighted by Crippen LogP contribution is -2.38. The number of aliphatic hydroxyl groups excluding tert-OH is 1. The van der Waals surface area contributed by atoms with E-state index in [0.717, 1.165) is 30.4 Å². The standard InChI is InChI=1S/C21H32O5/c1-12(7-9-18(23)21(3,4)26-5)15-8-6-13(2)19-16(15)10-14(20(24)25)11-17(19)22/h10-13,15,18,22-23H,6-9H2,1-5H3,(H,24,25)/t12-,13+,15-,18?/m0/s1. The summed E-state index contributed by atoms with van der Waals surface area (Å²) in [6.07, 6.45) is 2.80. The second-order valence-corrected chi connectivity index (χ2v) is 8.27. The predicted octanol–water partition coefficient (Wildman–Crippen LogP) is 4.27. The van der Waals surface area contributed by atoms with Gasteiger partial charge in [0, 0.05) is 12.7 Å². The number of carboxylic acid groups (broad SMARTS) is 1. The Bertz CT molecular complexity index is 652. The molecule has 1 aliphatic rings. The van der Waals surface area contributed by atoms with Gasteiger partial charge in [-0.25, -0.2) is 4.79 Å². The third kappa shape index (κ3) is 4.21. The molecule has 26 heavy (non-hydrogen) atoms. The first-order valence-electron chi connectivity index (χ1n) is 9.41. The number of hydrogen-bond donors (Lipinski definition) is 3. The molecule has 0 fully saturated rings. The lowest BCUT2D eigenvalue weighted by molar-refractivity contribution is -0.0819. The molecular formula is C21H32O5. The quantitative estimate of drug-likeness (QED) is 0.672. The fraction of sp³-hybridized carbons (Fsp3) is 0.667. The molecule has 5 heteroatoms. The minimum atomic E-state index is -1.02. The summed E-state index contributed by atoms with van der Waals surface area (Å²) in [6, 6.07) is 3.08. The topological polar surface area (TPSA) is 87.0 Å². The lowest BCUT2D eigenvalue weighted by atomic mass is 9.70. The number of carboxylic acids is 1. The molecule has 1 aromatic rings. The first-order chi connectivity index (χ1) is 12.1. The molecule has 1 aliphatic carbocycles. The minimum Gasteiger partial charge on any atom is -0.508 e. The predicted molar refractivity (Wildman–Crippen MR) is 101 cm³/mol. The number of phenolic OH excluding ortho intramolecular Hbond substituents is 1. The van der Waals surface area contributed by atoms with E-state index in [1.54, 1.807) is 13.2 Å². The molecule has 146 valence electrons. The molecule has 0 amide bonds. The van der Waals surface area contributed by atoms with Gasteiger partial charge in [0.2, 0.25) is 0 Å². The number of methoxy groups -OCH3 is 1. The third-order valence-corrected chi connectivity index (χ3v) is 6.15. The smallest absolute Gasteiger partial charge is 0.335 e. The zero-order valence-corrected chi connectivity index (χ0v) is 16.5. The van der Waals surface area contributed by atoms with Crippen molar-refractivity contribution in [2.24, 2.45) is 5.92 Å². The van der Waals surface area contributed by atoms with Gasteiger partial charge in [-0.05, 0) is 75.0 Å². The Morgan fingerprint density at radius 3 is 2.54 bits per heavy atom. The van der Waals surface area contributed by atoms with E-state index in [1.165, 1.54) is 6.07 Å². The van der Waals surface area contributed by atoms with Crippen LogP contribution in [0, 0.1) is 5.92 Å². The summed E-state index contributed by atoms with van der Waals surface area (Å²) in [4.78, 5) is 11.4. The van der Waals surface area contributed by atoms with Crippen molar-refractivity contribution in [3.8, 4) is 5.75 Å². The van der Waals surface area contributed by atoms with Gasteiger partial charge in [0.15, 0.2) is 0 Å². The van der Waals surface area contributed by atoms with Crippen LogP contribution >= 0.6 is 0 Å². The molecule has 0 bridgehead atoms. The molecule has 0 heterocycles. The van der Waals surface area contributed by atoms with Crippen LogP contribution in [0.2, 0.25) is 0 Å². The molecule has 1 aromatic carbocycles. The number of hydrogen-bond acceptors (Lipinski definition) is 4. The van der Waals surface area contributed by atoms with Crippen molar-refractivity contribution in [1.29, 1.82) is 0 Å². The molecule has 4 atom stereocenters. The van der Waals surface area contributed by atoms with E-state index in [2.05, 4.69) is 13.8 Å². The Morgan fingerprint density at radius 2 is 1.96 bits per heavy atom. The molecule has 0 spiro atoms. The second-order valence-electron chi connectivity index (χ2n) is 8.27. The van der Waals surface area contributed by atoms with E-state index < -0.39 is 17.7 Å². The number of aliphatic hydroxyl groups is 1. The van der Waals surface area contributed by atoms with E-state index in [4.69, 9.17) is 4.74 Å². The molecule has 3 N–H and O–H groups in total. The van der Waals surface area contributed by atoms with Crippen molar-refractivity contribution >= 4 is 5.97 Å². The summed E-state index contributed by atoms with van der Waals surface area (Å²) in [7, 11) is 1.60. The molecule has 1 unspecified atom stereocenters. The van der Waals surface area contributed by atoms with Crippen LogP contribution in [0.4, 0.5) is 0 Å². The van der Waals surface area contributed by atoms with Crippen LogP contribution < -0.4 is 0 Å². The number of phenols is 1. The Kier molecular flexibility index (Phi) is 6.35. The highest BCUT2D eigenvalue weighted by molar-refractivity contribution is 5.88. The van der Waals surface area contributed by atoms with E-state index in [-0.39, 0.29) is 29.1 Å². The summed E-state index contributed by atoms with van der Waals surface area (Å²) in [6.45, 7) is 7.96. The van der Waals surface area contributed by atoms with Crippen LogP contribution in [0.5, 0.6) is 5.75 Å². The van der Waals surface area contributed by atoms with Crippen LogP contribution in [-0.2, 0) is 4.74 Å². The normalized spacial score (nSPS) is 22.5. The molecule has 0 aromatic heterocycles. The zero-order chi connectivity index (χ0) is 19.6. The molecule has 2 rings (SSSR count). The summed E-state index contributed by atoms with van der Waals surface area (Å²) in [5, 5.41) is 30.1. The largest absolute Gasteiger partial charge is 0.508 e. The Labute approximate surface area is 156 Å². The number of carbonyl (C=O) groups is 1. The Morgan fingerprint density at radius 1 is 1.31 bits per heavy atom. The van der Waals surface area contributed by atoms with Gasteiger partial charge >= 0.3 is 5.97 Å². The van der Waals surface area contributed by atoms with Gasteiger partial charge < -0.3 is 20.1 Å². The maximum atomic E-state index is 11.4. The van der Waals surface area contributed by atoms with Crippen LogP contribution in [0.3, 0.4) is 0 Å². The van der Waals surface area contributed by atoms with Crippen LogP contribution in [-0.4, -0.2) is 40.1 Å². The molecule has 5 nitrogen and oxygen atoms in total. The maximum absolute atomic E-state index is 11.4. The van der Waals surface area contributed by atoms with Crippen LogP contribution in [0.1, 0.15) is 86.7 Å². The first-order valence-corrected chi connectivity index (χ1v) is 9.41. The van der Waals surface area contributed by atoms with Crippen molar-refractivity contribution in [1.82, 2.24) is 0 Å². The van der Waals surface area contributed by atoms with Gasteiger partial charge in [-0.1, -0.05) is 13.8 Å². The molecule has 0 saturated carbocycles. The number of aromatic hydroxyl groups is 1. The average molecular weight is 364 g/mol. The number of benzene rings is 1. The van der Waals surface area contributed by atoms with Crippen LogP contribution in [0.15, 0.2) is 12.1 Å². The van der Waals surface area contributed by atoms with Gasteiger partial charge in [-0.2, -0.15) is 0 Å². The minimum absolute atomic E-state index is 0.0878. The number of fused-ring (bicyclic) bond motifs is 1. The molecule has 0 aliphatic heterocycles. The fourth-order valence-electron chi connectivity index (χ4n) is 4.05. The second kappa shape index (κ2) is 7.97. The molecule has 0 radical (unpaired) electrons. The first kappa shape index (κ1) is 20.7. The summed E-state index contributed by atoms with van der Waals surface area (Å²) in [5.41, 5.74) is 1.38. The van der Waals surface area contributed by atoms with Gasteiger partial charge in [0.05, 0.1) is 17.3 Å². The summed E-state index contributed by atoms with van der Waals surface area (Å²) >= 11 is 0. The monoisotopic (exact) mass is 364 g/mol. The van der Waals surface area contributed by atoms with Crippen molar-refractivity contribution < 1.29 is 24.9 Å². The SMILES string of the molecule is COC(C)(C)C(O)CC[C@H](C)[C@@H]1CC[C@@H](C)c2c(O)cc(C(=O)O)cc21. The van der Waals surface area contributed by atoms with E-state index in [9.17, 15) is 20.1 Å². The Balaban J connectivity index is 2.24. The number of ether oxygens (including phenoxy) is 1. The van der Waals surface area contributed by atoms with Crippen molar-refractivity contribution in [2.45, 2.75) is 76.9 Å². The van der Waals surface area contributed by atoms with Crippen molar-refractivity contribution in [2.75, 3.05) is 7.11 Å². The third-order valence-electron chi connectivity index (χ3n) is 6.15. The van der Waals surface area contributed by atoms with Gasteiger partial charge in [-0.15, -0.1) is 0 Å².